The Morgan fingerprint density at radius 1 is 1.19 bits per heavy atom. The van der Waals surface area contributed by atoms with Gasteiger partial charge in [-0.15, -0.1) is 12.6 Å². The molecule has 0 radical (unpaired) electrons. The number of ether oxygens (including phenoxy) is 1. The minimum atomic E-state index is -4.82. The van der Waals surface area contributed by atoms with Crippen molar-refractivity contribution in [1.82, 2.24) is 15.0 Å². The maximum atomic E-state index is 13.7. The van der Waals surface area contributed by atoms with Crippen LogP contribution in [0.2, 0.25) is 0 Å². The van der Waals surface area contributed by atoms with E-state index < -0.39 is 34.4 Å². The number of aromatic nitrogens is 3. The van der Waals surface area contributed by atoms with E-state index in [9.17, 15) is 18.0 Å². The Balaban J connectivity index is 1.43. The molecular weight excluding hydrogens is 509 g/mol. The molecule has 37 heavy (non-hydrogen) atoms. The second-order valence-corrected chi connectivity index (χ2v) is 9.17. The van der Waals surface area contributed by atoms with Crippen LogP contribution in [0.15, 0.2) is 47.5 Å². The molecule has 9 nitrogen and oxygen atoms in total. The molecule has 0 aliphatic carbocycles. The van der Waals surface area contributed by atoms with Gasteiger partial charge < -0.3 is 14.1 Å². The summed E-state index contributed by atoms with van der Waals surface area (Å²) in [6, 6.07) is 5.86. The fraction of sp³-hybridized carbons (Fsp3) is 0.375. The molecule has 5 rings (SSSR count). The van der Waals surface area contributed by atoms with E-state index in [2.05, 4.69) is 27.6 Å². The molecule has 5 heterocycles. The molecule has 2 aliphatic heterocycles. The number of nitrogens with zero attached hydrogens (tertiary/aromatic N) is 6. The van der Waals surface area contributed by atoms with Crippen LogP contribution in [0.1, 0.15) is 35.7 Å². The summed E-state index contributed by atoms with van der Waals surface area (Å²) < 4.78 is 51.5. The Morgan fingerprint density at radius 2 is 2.00 bits per heavy atom. The molecule has 0 bridgehead atoms. The summed E-state index contributed by atoms with van der Waals surface area (Å²) in [5.74, 6) is 0.194. The lowest BCUT2D eigenvalue weighted by Crippen LogP contribution is -2.51. The topological polar surface area (TPSA) is 108 Å². The van der Waals surface area contributed by atoms with Crippen molar-refractivity contribution in [2.24, 2.45) is 0 Å². The molecule has 0 N–H and O–H groups in total. The van der Waals surface area contributed by atoms with Crippen LogP contribution in [0.3, 0.4) is 0 Å². The van der Waals surface area contributed by atoms with E-state index in [1.165, 1.54) is 12.3 Å². The summed E-state index contributed by atoms with van der Waals surface area (Å²) in [5, 5.41) is 9.08. The number of rotatable bonds is 6. The van der Waals surface area contributed by atoms with Gasteiger partial charge in [-0.25, -0.2) is 9.97 Å². The van der Waals surface area contributed by atoms with E-state index >= 15 is 0 Å². The molecule has 3 aromatic rings. The van der Waals surface area contributed by atoms with E-state index in [1.54, 1.807) is 17.3 Å². The second kappa shape index (κ2) is 9.68. The Labute approximate surface area is 215 Å². The average Bonchev–Trinajstić information content (AvgIpc) is 3.61. The van der Waals surface area contributed by atoms with Crippen molar-refractivity contribution in [1.29, 1.82) is 5.26 Å². The third kappa shape index (κ3) is 4.51. The van der Waals surface area contributed by atoms with E-state index in [0.717, 1.165) is 29.3 Å². The summed E-state index contributed by atoms with van der Waals surface area (Å²) in [5.41, 5.74) is -2.80. The molecule has 3 aromatic heterocycles. The van der Waals surface area contributed by atoms with Gasteiger partial charge in [0.2, 0.25) is 0 Å². The van der Waals surface area contributed by atoms with Gasteiger partial charge in [0.05, 0.1) is 42.1 Å². The highest BCUT2D eigenvalue weighted by Crippen LogP contribution is 2.45. The average molecular weight is 531 g/mol. The number of nitriles is 1. The lowest BCUT2D eigenvalue weighted by Gasteiger charge is -2.34. The fourth-order valence-corrected chi connectivity index (χ4v) is 5.30. The summed E-state index contributed by atoms with van der Waals surface area (Å²) in [6.45, 7) is 0.357. The zero-order chi connectivity index (χ0) is 26.2. The van der Waals surface area contributed by atoms with Gasteiger partial charge in [-0.05, 0) is 31.0 Å². The Morgan fingerprint density at radius 3 is 2.62 bits per heavy atom. The number of hydrogen-bond acceptors (Lipinski definition) is 9. The number of thiol groups is 1. The molecule has 192 valence electrons. The Kier molecular flexibility index (Phi) is 6.55. The Hall–Kier alpha value is -3.63. The highest BCUT2D eigenvalue weighted by Gasteiger charge is 2.59. The number of alkyl halides is 3. The summed E-state index contributed by atoms with van der Waals surface area (Å²) in [7, 11) is 0. The number of aryl methyl sites for hydroxylation is 2. The molecule has 1 spiro atoms. The monoisotopic (exact) mass is 530 g/mol. The van der Waals surface area contributed by atoms with E-state index in [0.29, 0.717) is 37.4 Å². The number of hydrogen-bond donors (Lipinski definition) is 1. The third-order valence-electron chi connectivity index (χ3n) is 6.50. The van der Waals surface area contributed by atoms with Crippen LogP contribution in [0.25, 0.3) is 0 Å². The quantitative estimate of drug-likeness (QED) is 0.480. The van der Waals surface area contributed by atoms with Crippen molar-refractivity contribution >= 4 is 29.9 Å². The number of pyridine rings is 2. The number of anilines is 2. The van der Waals surface area contributed by atoms with Gasteiger partial charge in [0, 0.05) is 25.1 Å². The number of amides is 1. The largest absolute Gasteiger partial charge is 0.449 e. The summed E-state index contributed by atoms with van der Waals surface area (Å²) in [6.07, 6.45) is 3.47. The van der Waals surface area contributed by atoms with Gasteiger partial charge in [-0.2, -0.15) is 18.4 Å². The zero-order valence-corrected chi connectivity index (χ0v) is 20.2. The molecule has 2 saturated heterocycles. The van der Waals surface area contributed by atoms with Crippen molar-refractivity contribution in [3.05, 3.63) is 65.9 Å². The van der Waals surface area contributed by atoms with Crippen molar-refractivity contribution < 1.29 is 27.1 Å². The molecule has 2 aliphatic rings. The fourth-order valence-electron chi connectivity index (χ4n) is 4.71. The van der Waals surface area contributed by atoms with Crippen molar-refractivity contribution in [2.75, 3.05) is 23.0 Å². The maximum Gasteiger partial charge on any atom is 0.419 e. The predicted molar refractivity (Wildman–Crippen MR) is 128 cm³/mol. The first-order valence-corrected chi connectivity index (χ1v) is 12.0. The number of halogens is 3. The number of oxazole rings is 1. The van der Waals surface area contributed by atoms with Crippen LogP contribution in [-0.4, -0.2) is 45.1 Å². The molecule has 2 atom stereocenters. The standard InChI is InChI=1S/C24H21F3N6O3S/c25-24(26,27)18-10-17(13-31-19(18)11-28)32-21(34)23(6-8-35-14-23)33(22(32)37)16-5-4-15(30-12-16)2-1-3-20-29-7-9-36-20/h4-5,7,9-10,12-13,22,37H,1-3,6,8,14H2. The summed E-state index contributed by atoms with van der Waals surface area (Å²) in [4.78, 5) is 28.9. The highest BCUT2D eigenvalue weighted by atomic mass is 32.1. The smallest absolute Gasteiger partial charge is 0.419 e. The molecule has 0 saturated carbocycles. The minimum Gasteiger partial charge on any atom is -0.449 e. The van der Waals surface area contributed by atoms with E-state index in [4.69, 9.17) is 14.4 Å². The molecule has 2 unspecified atom stereocenters. The predicted octanol–water partition coefficient (Wildman–Crippen LogP) is 3.76. The lowest BCUT2D eigenvalue weighted by molar-refractivity contribution is -0.138. The normalized spacial score (nSPS) is 21.7. The number of carbonyl (C=O) groups excluding carboxylic acids is 1. The van der Waals surface area contributed by atoms with Crippen molar-refractivity contribution in [2.45, 2.75) is 42.9 Å². The zero-order valence-electron chi connectivity index (χ0n) is 19.4. The van der Waals surface area contributed by atoms with E-state index in [-0.39, 0.29) is 12.3 Å². The van der Waals surface area contributed by atoms with Crippen LogP contribution in [0.5, 0.6) is 0 Å². The highest BCUT2D eigenvalue weighted by molar-refractivity contribution is 7.81. The SMILES string of the molecule is N#Cc1ncc(N2C(=O)C3(CCOC3)N(c3ccc(CCCc4ncco4)nc3)C2S)cc1C(F)(F)F. The van der Waals surface area contributed by atoms with Crippen LogP contribution in [-0.2, 0) is 28.5 Å². The van der Waals surface area contributed by atoms with Crippen LogP contribution < -0.4 is 9.80 Å². The molecule has 2 fully saturated rings. The van der Waals surface area contributed by atoms with Gasteiger partial charge in [-0.3, -0.25) is 14.7 Å². The van der Waals surface area contributed by atoms with Crippen LogP contribution in [0, 0.1) is 11.3 Å². The maximum absolute atomic E-state index is 13.7. The lowest BCUT2D eigenvalue weighted by atomic mass is 9.96. The first-order valence-electron chi connectivity index (χ1n) is 11.4. The molecule has 0 aromatic carbocycles. The van der Waals surface area contributed by atoms with Gasteiger partial charge in [-0.1, -0.05) is 0 Å². The Bertz CT molecular complexity index is 1320. The second-order valence-electron chi connectivity index (χ2n) is 8.71. The van der Waals surface area contributed by atoms with Crippen molar-refractivity contribution in [3.8, 4) is 6.07 Å². The van der Waals surface area contributed by atoms with Gasteiger partial charge in [0.15, 0.2) is 17.1 Å². The first kappa shape index (κ1) is 25.0. The van der Waals surface area contributed by atoms with Crippen LogP contribution in [0.4, 0.5) is 24.5 Å². The molecule has 13 heteroatoms. The third-order valence-corrected chi connectivity index (χ3v) is 6.96. The minimum absolute atomic E-state index is 0.0487. The van der Waals surface area contributed by atoms with Gasteiger partial charge in [0.25, 0.3) is 5.91 Å². The summed E-state index contributed by atoms with van der Waals surface area (Å²) >= 11 is 4.64. The van der Waals surface area contributed by atoms with Gasteiger partial charge >= 0.3 is 6.18 Å². The van der Waals surface area contributed by atoms with Crippen molar-refractivity contribution in [3.63, 3.8) is 0 Å². The first-order chi connectivity index (χ1) is 17.7. The molecular formula is C24H21F3N6O3S. The number of carbonyl (C=O) groups is 1. The van der Waals surface area contributed by atoms with Crippen LogP contribution >= 0.6 is 12.6 Å². The van der Waals surface area contributed by atoms with E-state index in [1.807, 2.05) is 12.1 Å². The van der Waals surface area contributed by atoms with Gasteiger partial charge in [0.1, 0.15) is 17.9 Å². The molecule has 1 amide bonds.